The molecule has 2 N–H and O–H groups in total. The largest absolute Gasteiger partial charge is 0.488 e. The topological polar surface area (TPSA) is 85.6 Å². The van der Waals surface area contributed by atoms with Gasteiger partial charge in [0.1, 0.15) is 24.7 Å². The van der Waals surface area contributed by atoms with Gasteiger partial charge in [0.2, 0.25) is 0 Å². The van der Waals surface area contributed by atoms with Gasteiger partial charge in [0.25, 0.3) is 5.91 Å². The number of fused-ring (bicyclic) bond motifs is 1. The summed E-state index contributed by atoms with van der Waals surface area (Å²) in [5.41, 5.74) is 8.19. The van der Waals surface area contributed by atoms with Crippen LogP contribution in [0, 0.1) is 0 Å². The lowest BCUT2D eigenvalue weighted by atomic mass is 9.92. The monoisotopic (exact) mass is 615 g/mol. The molecule has 0 aliphatic carbocycles. The first-order valence-electron chi connectivity index (χ1n) is 16.1. The molecule has 1 aromatic heterocycles. The Kier molecular flexibility index (Phi) is 9.79. The highest BCUT2D eigenvalue weighted by Gasteiger charge is 2.28. The highest BCUT2D eigenvalue weighted by Crippen LogP contribution is 2.45. The molecule has 0 atom stereocenters. The lowest BCUT2D eigenvalue weighted by molar-refractivity contribution is 0.0947. The zero-order chi connectivity index (χ0) is 31.9. The molecular formula is C39H41N3O4. The highest BCUT2D eigenvalue weighted by atomic mass is 16.5. The van der Waals surface area contributed by atoms with E-state index in [-0.39, 0.29) is 17.5 Å². The third-order valence-electron chi connectivity index (χ3n) is 8.31. The Morgan fingerprint density at radius 2 is 1.59 bits per heavy atom. The van der Waals surface area contributed by atoms with Crippen molar-refractivity contribution in [2.75, 3.05) is 13.1 Å². The van der Waals surface area contributed by atoms with Gasteiger partial charge >= 0.3 is 0 Å². The minimum Gasteiger partial charge on any atom is -0.488 e. The molecule has 0 bridgehead atoms. The van der Waals surface area contributed by atoms with Crippen LogP contribution in [0.25, 0.3) is 22.5 Å². The molecule has 46 heavy (non-hydrogen) atoms. The van der Waals surface area contributed by atoms with Gasteiger partial charge in [-0.1, -0.05) is 97.9 Å². The summed E-state index contributed by atoms with van der Waals surface area (Å²) in [5, 5.41) is 10.8. The van der Waals surface area contributed by atoms with Gasteiger partial charge in [-0.15, -0.1) is 0 Å². The quantitative estimate of drug-likeness (QED) is 0.156. The molecule has 0 saturated carbocycles. The first kappa shape index (κ1) is 31.1. The average molecular weight is 616 g/mol. The first-order valence-corrected chi connectivity index (χ1v) is 16.1. The molecule has 1 amide bonds. The van der Waals surface area contributed by atoms with Crippen molar-refractivity contribution < 1.29 is 18.8 Å². The molecule has 236 valence electrons. The van der Waals surface area contributed by atoms with Crippen LogP contribution in [0.15, 0.2) is 95.5 Å². The second-order valence-corrected chi connectivity index (χ2v) is 11.9. The van der Waals surface area contributed by atoms with Gasteiger partial charge in [-0.05, 0) is 71.7 Å². The van der Waals surface area contributed by atoms with Crippen molar-refractivity contribution in [1.82, 2.24) is 15.8 Å². The number of carbonyl (C=O) groups excluding carboxylic acids is 1. The predicted octanol–water partition coefficient (Wildman–Crippen LogP) is 8.08. The third-order valence-corrected chi connectivity index (χ3v) is 8.31. The van der Waals surface area contributed by atoms with E-state index >= 15 is 0 Å². The number of amides is 1. The van der Waals surface area contributed by atoms with E-state index in [0.717, 1.165) is 59.5 Å². The molecule has 1 aliphatic rings. The molecule has 0 unspecified atom stereocenters. The van der Waals surface area contributed by atoms with Gasteiger partial charge in [0, 0.05) is 19.2 Å². The molecule has 0 radical (unpaired) electrons. The van der Waals surface area contributed by atoms with E-state index in [9.17, 15) is 4.79 Å². The number of aromatic nitrogens is 1. The Labute approximate surface area is 270 Å². The van der Waals surface area contributed by atoms with E-state index in [4.69, 9.17) is 14.0 Å². The van der Waals surface area contributed by atoms with Crippen molar-refractivity contribution in [3.63, 3.8) is 0 Å². The summed E-state index contributed by atoms with van der Waals surface area (Å²) in [6, 6.07) is 30.6. The van der Waals surface area contributed by atoms with Crippen LogP contribution in [-0.2, 0) is 26.2 Å². The van der Waals surface area contributed by atoms with E-state index in [2.05, 4.69) is 66.0 Å². The molecule has 4 aromatic carbocycles. The minimum atomic E-state index is -0.275. The van der Waals surface area contributed by atoms with Gasteiger partial charge in [-0.3, -0.25) is 4.79 Å². The maximum atomic E-state index is 13.4. The summed E-state index contributed by atoms with van der Waals surface area (Å²) >= 11 is 0. The van der Waals surface area contributed by atoms with Crippen LogP contribution in [0.2, 0.25) is 0 Å². The average Bonchev–Trinajstić information content (AvgIpc) is 3.39. The highest BCUT2D eigenvalue weighted by molar-refractivity contribution is 6.02. The van der Waals surface area contributed by atoms with Gasteiger partial charge < -0.3 is 24.6 Å². The van der Waals surface area contributed by atoms with Gasteiger partial charge in [0.05, 0.1) is 11.1 Å². The molecular weight excluding hydrogens is 574 g/mol. The smallest absolute Gasteiger partial charge is 0.274 e. The number of nitrogens with one attached hydrogen (secondary N) is 2. The molecule has 7 heteroatoms. The third kappa shape index (κ3) is 7.00. The van der Waals surface area contributed by atoms with E-state index in [0.29, 0.717) is 36.8 Å². The van der Waals surface area contributed by atoms with Crippen molar-refractivity contribution in [2.45, 2.75) is 59.3 Å². The summed E-state index contributed by atoms with van der Waals surface area (Å²) in [7, 11) is 0. The molecule has 0 spiro atoms. The molecule has 0 saturated heterocycles. The Bertz CT molecular complexity index is 1780. The van der Waals surface area contributed by atoms with Crippen LogP contribution in [0.5, 0.6) is 11.5 Å². The zero-order valence-electron chi connectivity index (χ0n) is 26.8. The Morgan fingerprint density at radius 3 is 2.26 bits per heavy atom. The van der Waals surface area contributed by atoms with Crippen LogP contribution in [0.3, 0.4) is 0 Å². The number of hydrogen-bond donors (Lipinski definition) is 2. The summed E-state index contributed by atoms with van der Waals surface area (Å²) in [5.74, 6) is 1.69. The SMILES string of the molecule is CCNC(=O)c1noc(-c2cc(C(C)C)c(OCc3ccccc3)cc2OCc2ccccc2)c1-c1ccc2c(c1)CCCNC2. The second kappa shape index (κ2) is 14.5. The van der Waals surface area contributed by atoms with Crippen molar-refractivity contribution in [1.29, 1.82) is 0 Å². The molecule has 2 heterocycles. The number of carbonyl (C=O) groups is 1. The molecule has 0 fully saturated rings. The number of rotatable bonds is 11. The zero-order valence-corrected chi connectivity index (χ0v) is 26.8. The Balaban J connectivity index is 1.50. The predicted molar refractivity (Wildman–Crippen MR) is 181 cm³/mol. The van der Waals surface area contributed by atoms with Crippen LogP contribution in [0.4, 0.5) is 0 Å². The van der Waals surface area contributed by atoms with Crippen LogP contribution >= 0.6 is 0 Å². The molecule has 1 aliphatic heterocycles. The number of ether oxygens (including phenoxy) is 2. The maximum Gasteiger partial charge on any atom is 0.274 e. The summed E-state index contributed by atoms with van der Waals surface area (Å²) in [6.07, 6.45) is 2.01. The normalized spacial score (nSPS) is 12.8. The van der Waals surface area contributed by atoms with Crippen molar-refractivity contribution >= 4 is 5.91 Å². The van der Waals surface area contributed by atoms with Crippen LogP contribution in [0.1, 0.15) is 71.4 Å². The molecule has 7 nitrogen and oxygen atoms in total. The number of aryl methyl sites for hydroxylation is 1. The molecule has 6 rings (SSSR count). The fourth-order valence-electron chi connectivity index (χ4n) is 5.88. The second-order valence-electron chi connectivity index (χ2n) is 11.9. The fraction of sp³-hybridized carbons (Fsp3) is 0.282. The number of benzene rings is 4. The van der Waals surface area contributed by atoms with Crippen LogP contribution in [-0.4, -0.2) is 24.2 Å². The lowest BCUT2D eigenvalue weighted by Gasteiger charge is -2.19. The van der Waals surface area contributed by atoms with E-state index in [1.54, 1.807) is 0 Å². The van der Waals surface area contributed by atoms with Crippen molar-refractivity contribution in [3.8, 4) is 33.9 Å². The summed E-state index contributed by atoms with van der Waals surface area (Å²) < 4.78 is 19.1. The standard InChI is InChI=1S/C39H41N3O4/c1-4-41-39(43)37-36(30-17-18-31-23-40-19-11-16-29(31)20-30)38(46-42-37)33-21-32(26(2)3)34(44-24-27-12-7-5-8-13-27)22-35(33)45-25-28-14-9-6-10-15-28/h5-10,12-15,17-18,20-22,26,40H,4,11,16,19,23-25H2,1-3H3,(H,41,43). The first-order chi connectivity index (χ1) is 22.5. The Morgan fingerprint density at radius 1 is 0.891 bits per heavy atom. The molecule has 5 aromatic rings. The van der Waals surface area contributed by atoms with E-state index in [1.165, 1.54) is 11.1 Å². The van der Waals surface area contributed by atoms with Gasteiger partial charge in [0.15, 0.2) is 11.5 Å². The van der Waals surface area contributed by atoms with Crippen molar-refractivity contribution in [3.05, 3.63) is 125 Å². The summed E-state index contributed by atoms with van der Waals surface area (Å²) in [4.78, 5) is 13.4. The minimum absolute atomic E-state index is 0.141. The Hall–Kier alpha value is -4.88. The van der Waals surface area contributed by atoms with Gasteiger partial charge in [-0.25, -0.2) is 0 Å². The number of nitrogens with zero attached hydrogens (tertiary/aromatic N) is 1. The van der Waals surface area contributed by atoms with Gasteiger partial charge in [-0.2, -0.15) is 0 Å². The maximum absolute atomic E-state index is 13.4. The number of hydrogen-bond acceptors (Lipinski definition) is 6. The van der Waals surface area contributed by atoms with Crippen LogP contribution < -0.4 is 20.1 Å². The van der Waals surface area contributed by atoms with E-state index in [1.807, 2.05) is 61.5 Å². The fourth-order valence-corrected chi connectivity index (χ4v) is 5.88. The lowest BCUT2D eigenvalue weighted by Crippen LogP contribution is -2.23. The van der Waals surface area contributed by atoms with E-state index < -0.39 is 0 Å². The summed E-state index contributed by atoms with van der Waals surface area (Å²) in [6.45, 7) is 9.24. The van der Waals surface area contributed by atoms with Crippen molar-refractivity contribution in [2.24, 2.45) is 0 Å².